The summed E-state index contributed by atoms with van der Waals surface area (Å²) in [5.74, 6) is 2.19. The summed E-state index contributed by atoms with van der Waals surface area (Å²) in [5, 5.41) is 8.75. The smallest absolute Gasteiger partial charge is 0.101 e. The lowest BCUT2D eigenvalue weighted by atomic mass is 10.0. The Balaban J connectivity index is 2.16. The largest absolute Gasteiger partial charge is 0.263 e. The van der Waals surface area contributed by atoms with Crippen molar-refractivity contribution >= 4 is 0 Å². The van der Waals surface area contributed by atoms with Crippen LogP contribution in [0.3, 0.4) is 0 Å². The van der Waals surface area contributed by atoms with Crippen LogP contribution in [0.25, 0.3) is 0 Å². The molecule has 2 heteroatoms. The molecule has 1 fully saturated rings. The van der Waals surface area contributed by atoms with Crippen LogP contribution in [-0.4, -0.2) is 4.98 Å². The van der Waals surface area contributed by atoms with Crippen molar-refractivity contribution in [2.75, 3.05) is 0 Å². The topological polar surface area (TPSA) is 36.7 Å². The first-order valence-electron chi connectivity index (χ1n) is 5.07. The summed E-state index contributed by atoms with van der Waals surface area (Å²) in [6.45, 7) is 4.51. The standard InChI is InChI=1S/C12H14N2/c1-8(2)11-4-12(11)10-3-9(5-13)6-14-7-10/h3,6-8,11-12H,4H2,1-2H3/t11-,12-/m1/s1. The van der Waals surface area contributed by atoms with Gasteiger partial charge in [-0.3, -0.25) is 4.98 Å². The Hall–Kier alpha value is -1.36. The molecule has 0 amide bonds. The predicted molar refractivity (Wildman–Crippen MR) is 54.6 cm³/mol. The Morgan fingerprint density at radius 3 is 2.86 bits per heavy atom. The van der Waals surface area contributed by atoms with Crippen LogP contribution in [0.4, 0.5) is 0 Å². The van der Waals surface area contributed by atoms with Crippen molar-refractivity contribution in [2.45, 2.75) is 26.2 Å². The molecule has 1 aromatic heterocycles. The third-order valence-corrected chi connectivity index (χ3v) is 3.01. The SMILES string of the molecule is CC(C)[C@H]1C[C@@H]1c1cncc(C#N)c1. The predicted octanol–water partition coefficient (Wildman–Crippen LogP) is 2.71. The van der Waals surface area contributed by atoms with Gasteiger partial charge in [0.2, 0.25) is 0 Å². The number of hydrogen-bond donors (Lipinski definition) is 0. The summed E-state index contributed by atoms with van der Waals surface area (Å²) >= 11 is 0. The fourth-order valence-corrected chi connectivity index (χ4v) is 2.06. The number of nitrogens with zero attached hydrogens (tertiary/aromatic N) is 2. The summed E-state index contributed by atoms with van der Waals surface area (Å²) in [6.07, 6.45) is 4.78. The highest BCUT2D eigenvalue weighted by Gasteiger charge is 2.40. The summed E-state index contributed by atoms with van der Waals surface area (Å²) in [5.41, 5.74) is 1.92. The van der Waals surface area contributed by atoms with Gasteiger partial charge >= 0.3 is 0 Å². The van der Waals surface area contributed by atoms with Crippen LogP contribution in [0, 0.1) is 23.2 Å². The van der Waals surface area contributed by atoms with Gasteiger partial charge in [-0.1, -0.05) is 13.8 Å². The van der Waals surface area contributed by atoms with Crippen molar-refractivity contribution < 1.29 is 0 Å². The van der Waals surface area contributed by atoms with Crippen LogP contribution in [0.15, 0.2) is 18.5 Å². The van der Waals surface area contributed by atoms with Gasteiger partial charge in [0, 0.05) is 12.4 Å². The molecule has 2 atom stereocenters. The monoisotopic (exact) mass is 186 g/mol. The summed E-state index contributed by atoms with van der Waals surface area (Å²) in [4.78, 5) is 4.09. The first-order valence-corrected chi connectivity index (χ1v) is 5.07. The molecule has 1 heterocycles. The molecule has 0 aromatic carbocycles. The third kappa shape index (κ3) is 1.63. The van der Waals surface area contributed by atoms with Gasteiger partial charge in [-0.05, 0) is 35.8 Å². The zero-order valence-electron chi connectivity index (χ0n) is 8.57. The van der Waals surface area contributed by atoms with E-state index in [2.05, 4.69) is 24.9 Å². The summed E-state index contributed by atoms with van der Waals surface area (Å²) in [6, 6.07) is 4.10. The normalized spacial score (nSPS) is 24.7. The van der Waals surface area contributed by atoms with E-state index in [9.17, 15) is 0 Å². The molecule has 1 aliphatic carbocycles. The van der Waals surface area contributed by atoms with Gasteiger partial charge in [0.1, 0.15) is 6.07 Å². The van der Waals surface area contributed by atoms with Gasteiger partial charge in [0.15, 0.2) is 0 Å². The number of aromatic nitrogens is 1. The van der Waals surface area contributed by atoms with E-state index in [0.717, 1.165) is 11.8 Å². The second-order valence-corrected chi connectivity index (χ2v) is 4.37. The molecule has 2 rings (SSSR count). The highest BCUT2D eigenvalue weighted by Crippen LogP contribution is 2.51. The van der Waals surface area contributed by atoms with E-state index in [0.29, 0.717) is 11.5 Å². The van der Waals surface area contributed by atoms with Crippen LogP contribution in [0.1, 0.15) is 37.3 Å². The van der Waals surface area contributed by atoms with Crippen LogP contribution in [0.5, 0.6) is 0 Å². The maximum atomic E-state index is 8.75. The molecule has 0 aliphatic heterocycles. The Kier molecular flexibility index (Phi) is 2.25. The van der Waals surface area contributed by atoms with E-state index >= 15 is 0 Å². The van der Waals surface area contributed by atoms with Gasteiger partial charge < -0.3 is 0 Å². The molecule has 0 N–H and O–H groups in total. The highest BCUT2D eigenvalue weighted by molar-refractivity contribution is 5.33. The number of pyridine rings is 1. The van der Waals surface area contributed by atoms with Gasteiger partial charge in [0.05, 0.1) is 5.56 Å². The first-order chi connectivity index (χ1) is 6.72. The molecule has 0 bridgehead atoms. The van der Waals surface area contributed by atoms with E-state index in [1.807, 2.05) is 12.3 Å². The van der Waals surface area contributed by atoms with Gasteiger partial charge in [-0.2, -0.15) is 5.26 Å². The fraction of sp³-hybridized carbons (Fsp3) is 0.500. The average Bonchev–Trinajstić information content (AvgIpc) is 2.97. The minimum atomic E-state index is 0.649. The first kappa shape index (κ1) is 9.21. The second-order valence-electron chi connectivity index (χ2n) is 4.37. The lowest BCUT2D eigenvalue weighted by molar-refractivity contribution is 0.548. The molecule has 1 aliphatic rings. The molecular weight excluding hydrogens is 172 g/mol. The van der Waals surface area contributed by atoms with Crippen molar-refractivity contribution in [1.29, 1.82) is 5.26 Å². The lowest BCUT2D eigenvalue weighted by Gasteiger charge is -2.03. The summed E-state index contributed by atoms with van der Waals surface area (Å²) in [7, 11) is 0. The van der Waals surface area contributed by atoms with Crippen molar-refractivity contribution in [1.82, 2.24) is 4.98 Å². The number of rotatable bonds is 2. The van der Waals surface area contributed by atoms with E-state index in [1.54, 1.807) is 6.20 Å². The quantitative estimate of drug-likeness (QED) is 0.712. The van der Waals surface area contributed by atoms with Crippen LogP contribution in [-0.2, 0) is 0 Å². The number of nitriles is 1. The zero-order valence-corrected chi connectivity index (χ0v) is 8.57. The Morgan fingerprint density at radius 1 is 1.50 bits per heavy atom. The molecule has 72 valence electrons. The lowest BCUT2D eigenvalue weighted by Crippen LogP contribution is -1.93. The second kappa shape index (κ2) is 3.42. The van der Waals surface area contributed by atoms with E-state index < -0.39 is 0 Å². The number of hydrogen-bond acceptors (Lipinski definition) is 2. The van der Waals surface area contributed by atoms with Gasteiger partial charge in [-0.15, -0.1) is 0 Å². The van der Waals surface area contributed by atoms with Crippen LogP contribution < -0.4 is 0 Å². The van der Waals surface area contributed by atoms with E-state index in [4.69, 9.17) is 5.26 Å². The Labute approximate surface area is 84.6 Å². The van der Waals surface area contributed by atoms with Gasteiger partial charge in [-0.25, -0.2) is 0 Å². The molecule has 2 nitrogen and oxygen atoms in total. The third-order valence-electron chi connectivity index (χ3n) is 3.01. The Bertz CT molecular complexity index is 376. The molecule has 1 saturated carbocycles. The molecule has 0 radical (unpaired) electrons. The molecule has 0 spiro atoms. The van der Waals surface area contributed by atoms with Gasteiger partial charge in [0.25, 0.3) is 0 Å². The molecule has 0 unspecified atom stereocenters. The molecule has 1 aromatic rings. The minimum Gasteiger partial charge on any atom is -0.263 e. The average molecular weight is 186 g/mol. The highest BCUT2D eigenvalue weighted by atomic mass is 14.6. The Morgan fingerprint density at radius 2 is 2.29 bits per heavy atom. The van der Waals surface area contributed by atoms with Crippen molar-refractivity contribution in [3.05, 3.63) is 29.6 Å². The fourth-order valence-electron chi connectivity index (χ4n) is 2.06. The molecule has 14 heavy (non-hydrogen) atoms. The molecular formula is C12H14N2. The van der Waals surface area contributed by atoms with Crippen molar-refractivity contribution in [3.63, 3.8) is 0 Å². The van der Waals surface area contributed by atoms with Crippen molar-refractivity contribution in [3.8, 4) is 6.07 Å². The van der Waals surface area contributed by atoms with Crippen molar-refractivity contribution in [2.24, 2.45) is 11.8 Å². The van der Waals surface area contributed by atoms with Crippen LogP contribution >= 0.6 is 0 Å². The maximum absolute atomic E-state index is 8.75. The van der Waals surface area contributed by atoms with E-state index in [1.165, 1.54) is 12.0 Å². The maximum Gasteiger partial charge on any atom is 0.101 e. The van der Waals surface area contributed by atoms with E-state index in [-0.39, 0.29) is 0 Å². The zero-order chi connectivity index (χ0) is 10.1. The van der Waals surface area contributed by atoms with Crippen LogP contribution in [0.2, 0.25) is 0 Å². The molecule has 0 saturated heterocycles. The summed E-state index contributed by atoms with van der Waals surface area (Å²) < 4.78 is 0. The minimum absolute atomic E-state index is 0.649.